The average molecular weight is 375 g/mol. The third-order valence-corrected chi connectivity index (χ3v) is 4.65. The molecule has 0 bridgehead atoms. The van der Waals surface area contributed by atoms with Crippen LogP contribution in [-0.2, 0) is 14.3 Å². The SMILES string of the molecule is CCOC(=O)CSC1=NC2C(C(=O)NC(=O)N2C)N1C/C=C(\C)Cl. The summed E-state index contributed by atoms with van der Waals surface area (Å²) >= 11 is 7.06. The predicted molar refractivity (Wildman–Crippen MR) is 91.7 cm³/mol. The van der Waals surface area contributed by atoms with Crippen molar-refractivity contribution in [3.8, 4) is 0 Å². The summed E-state index contributed by atoms with van der Waals surface area (Å²) in [7, 11) is 1.57. The largest absolute Gasteiger partial charge is 0.465 e. The number of ether oxygens (including phenoxy) is 1. The molecule has 0 radical (unpaired) electrons. The fraction of sp³-hybridized carbons (Fsp3) is 0.571. The van der Waals surface area contributed by atoms with E-state index in [0.717, 1.165) is 0 Å². The van der Waals surface area contributed by atoms with Crippen LogP contribution in [0.1, 0.15) is 13.8 Å². The predicted octanol–water partition coefficient (Wildman–Crippen LogP) is 0.973. The molecule has 0 aromatic carbocycles. The first-order valence-electron chi connectivity index (χ1n) is 7.38. The van der Waals surface area contributed by atoms with Crippen molar-refractivity contribution in [3.05, 3.63) is 11.1 Å². The molecule has 0 saturated carbocycles. The molecule has 0 aromatic rings. The highest BCUT2D eigenvalue weighted by molar-refractivity contribution is 8.14. The second-order valence-electron chi connectivity index (χ2n) is 5.21. The van der Waals surface area contributed by atoms with Crippen molar-refractivity contribution in [3.63, 3.8) is 0 Å². The Morgan fingerprint density at radius 2 is 2.21 bits per heavy atom. The molecule has 3 amide bonds. The van der Waals surface area contributed by atoms with Gasteiger partial charge in [-0.3, -0.25) is 14.9 Å². The lowest BCUT2D eigenvalue weighted by Crippen LogP contribution is -2.63. The number of hydrogen-bond donors (Lipinski definition) is 1. The van der Waals surface area contributed by atoms with E-state index in [-0.39, 0.29) is 11.7 Å². The summed E-state index contributed by atoms with van der Waals surface area (Å²) in [6.07, 6.45) is 1.12. The number of nitrogens with zero attached hydrogens (tertiary/aromatic N) is 3. The van der Waals surface area contributed by atoms with Crippen LogP contribution in [0.25, 0.3) is 0 Å². The van der Waals surface area contributed by atoms with E-state index >= 15 is 0 Å². The van der Waals surface area contributed by atoms with Gasteiger partial charge in [-0.1, -0.05) is 29.4 Å². The number of halogens is 1. The number of imide groups is 1. The van der Waals surface area contributed by atoms with Crippen LogP contribution < -0.4 is 5.32 Å². The summed E-state index contributed by atoms with van der Waals surface area (Å²) in [5, 5.41) is 3.38. The number of likely N-dealkylation sites (N-methyl/N-ethyl adjacent to an activating group) is 1. The van der Waals surface area contributed by atoms with Crippen molar-refractivity contribution in [1.82, 2.24) is 15.1 Å². The summed E-state index contributed by atoms with van der Waals surface area (Å²) in [6.45, 7) is 4.11. The molecule has 2 aliphatic rings. The molecule has 2 aliphatic heterocycles. The zero-order valence-corrected chi connectivity index (χ0v) is 15.2. The number of rotatable bonds is 5. The Balaban J connectivity index is 2.20. The molecule has 24 heavy (non-hydrogen) atoms. The number of carbonyl (C=O) groups excluding carboxylic acids is 3. The Kier molecular flexibility index (Phi) is 6.11. The maximum atomic E-state index is 12.2. The van der Waals surface area contributed by atoms with Crippen LogP contribution >= 0.6 is 23.4 Å². The van der Waals surface area contributed by atoms with Gasteiger partial charge in [-0.15, -0.1) is 0 Å². The summed E-state index contributed by atoms with van der Waals surface area (Å²) < 4.78 is 4.90. The third-order valence-electron chi connectivity index (χ3n) is 3.52. The van der Waals surface area contributed by atoms with Crippen LogP contribution in [0.5, 0.6) is 0 Å². The van der Waals surface area contributed by atoms with Gasteiger partial charge >= 0.3 is 12.0 Å². The molecule has 10 heteroatoms. The molecule has 0 spiro atoms. The molecular formula is C14H19ClN4O4S. The number of allylic oxidation sites excluding steroid dienone is 1. The van der Waals surface area contributed by atoms with Gasteiger partial charge in [-0.2, -0.15) is 0 Å². The molecule has 2 heterocycles. The minimum atomic E-state index is -0.648. The normalized spacial score (nSPS) is 23.8. The Morgan fingerprint density at radius 3 is 2.83 bits per heavy atom. The van der Waals surface area contributed by atoms with E-state index in [4.69, 9.17) is 16.3 Å². The minimum Gasteiger partial charge on any atom is -0.465 e. The number of urea groups is 1. The van der Waals surface area contributed by atoms with Crippen molar-refractivity contribution in [2.24, 2.45) is 4.99 Å². The number of aliphatic imine (C=N–C) groups is 1. The van der Waals surface area contributed by atoms with E-state index < -0.39 is 24.1 Å². The highest BCUT2D eigenvalue weighted by Crippen LogP contribution is 2.28. The summed E-state index contributed by atoms with van der Waals surface area (Å²) in [5.41, 5.74) is 0. The molecule has 0 aliphatic carbocycles. The quantitative estimate of drug-likeness (QED) is 0.721. The number of amidine groups is 1. The van der Waals surface area contributed by atoms with Gasteiger partial charge in [-0.05, 0) is 13.8 Å². The number of amides is 3. The number of fused-ring (bicyclic) bond motifs is 1. The van der Waals surface area contributed by atoms with Crippen LogP contribution in [0.3, 0.4) is 0 Å². The van der Waals surface area contributed by atoms with Crippen molar-refractivity contribution < 1.29 is 19.1 Å². The second-order valence-corrected chi connectivity index (χ2v) is 6.75. The van der Waals surface area contributed by atoms with Gasteiger partial charge in [0, 0.05) is 18.6 Å². The van der Waals surface area contributed by atoms with Crippen LogP contribution in [0.4, 0.5) is 4.79 Å². The molecule has 2 unspecified atom stereocenters. The van der Waals surface area contributed by atoms with E-state index in [9.17, 15) is 14.4 Å². The smallest absolute Gasteiger partial charge is 0.325 e. The fourth-order valence-corrected chi connectivity index (χ4v) is 3.30. The topological polar surface area (TPSA) is 91.3 Å². The van der Waals surface area contributed by atoms with Crippen LogP contribution in [0.2, 0.25) is 0 Å². The lowest BCUT2D eigenvalue weighted by Gasteiger charge is -2.35. The van der Waals surface area contributed by atoms with Crippen molar-refractivity contribution >= 4 is 46.4 Å². The van der Waals surface area contributed by atoms with E-state index in [0.29, 0.717) is 23.4 Å². The van der Waals surface area contributed by atoms with E-state index in [1.807, 2.05) is 0 Å². The number of thioether (sulfide) groups is 1. The molecule has 1 fully saturated rings. The lowest BCUT2D eigenvalue weighted by molar-refractivity contribution is -0.139. The van der Waals surface area contributed by atoms with Crippen molar-refractivity contribution in [2.75, 3.05) is 26.0 Å². The molecule has 1 saturated heterocycles. The minimum absolute atomic E-state index is 0.0749. The number of carbonyl (C=O) groups is 3. The second kappa shape index (κ2) is 7.89. The van der Waals surface area contributed by atoms with Crippen LogP contribution in [0.15, 0.2) is 16.1 Å². The van der Waals surface area contributed by atoms with E-state index in [1.54, 1.807) is 31.9 Å². The maximum Gasteiger partial charge on any atom is 0.325 e. The highest BCUT2D eigenvalue weighted by atomic mass is 35.5. The molecule has 1 N–H and O–H groups in total. The third kappa shape index (κ3) is 4.02. The van der Waals surface area contributed by atoms with E-state index in [1.165, 1.54) is 16.7 Å². The number of nitrogens with one attached hydrogen (secondary N) is 1. The molecular weight excluding hydrogens is 356 g/mol. The van der Waals surface area contributed by atoms with Gasteiger partial charge in [0.2, 0.25) is 0 Å². The summed E-state index contributed by atoms with van der Waals surface area (Å²) in [6, 6.07) is -1.14. The van der Waals surface area contributed by atoms with Gasteiger partial charge in [0.1, 0.15) is 0 Å². The van der Waals surface area contributed by atoms with Crippen molar-refractivity contribution in [2.45, 2.75) is 26.1 Å². The lowest BCUT2D eigenvalue weighted by atomic mass is 10.1. The zero-order valence-electron chi connectivity index (χ0n) is 13.6. The van der Waals surface area contributed by atoms with Gasteiger partial charge < -0.3 is 14.5 Å². The standard InChI is InChI=1S/C14H19ClN4O4S/c1-4-23-9(20)7-24-14-16-11-10(19(14)6-5-8(2)15)12(21)17-13(22)18(11)3/h5,10-11H,4,6-7H2,1-3H3,(H,17,21,22)/b8-5+. The van der Waals surface area contributed by atoms with Crippen LogP contribution in [-0.4, -0.2) is 71.0 Å². The van der Waals surface area contributed by atoms with E-state index in [2.05, 4.69) is 10.3 Å². The molecule has 0 aromatic heterocycles. The van der Waals surface area contributed by atoms with Gasteiger partial charge in [0.05, 0.1) is 12.4 Å². The Hall–Kier alpha value is -1.74. The monoisotopic (exact) mass is 374 g/mol. The average Bonchev–Trinajstić information content (AvgIpc) is 2.88. The Bertz CT molecular complexity index is 606. The molecule has 132 valence electrons. The van der Waals surface area contributed by atoms with Crippen molar-refractivity contribution in [1.29, 1.82) is 0 Å². The number of hydrogen-bond acceptors (Lipinski definition) is 7. The first-order chi connectivity index (χ1) is 11.3. The summed E-state index contributed by atoms with van der Waals surface area (Å²) in [4.78, 5) is 43.1. The Labute approximate surface area is 149 Å². The first-order valence-corrected chi connectivity index (χ1v) is 8.74. The molecule has 2 atom stereocenters. The first kappa shape index (κ1) is 18.6. The van der Waals surface area contributed by atoms with Gasteiger partial charge in [0.15, 0.2) is 17.4 Å². The fourth-order valence-electron chi connectivity index (χ4n) is 2.36. The summed E-state index contributed by atoms with van der Waals surface area (Å²) in [5.74, 6) is -0.706. The highest BCUT2D eigenvalue weighted by Gasteiger charge is 2.48. The molecule has 2 rings (SSSR count). The van der Waals surface area contributed by atoms with Crippen LogP contribution in [0, 0.1) is 0 Å². The Morgan fingerprint density at radius 1 is 1.50 bits per heavy atom. The van der Waals surface area contributed by atoms with Gasteiger partial charge in [0.25, 0.3) is 5.91 Å². The van der Waals surface area contributed by atoms with Gasteiger partial charge in [-0.25, -0.2) is 9.79 Å². The molecule has 8 nitrogen and oxygen atoms in total. The maximum absolute atomic E-state index is 12.2. The number of esters is 1. The zero-order chi connectivity index (χ0) is 17.9.